The van der Waals surface area contributed by atoms with Gasteiger partial charge in [0.15, 0.2) is 0 Å². The summed E-state index contributed by atoms with van der Waals surface area (Å²) < 4.78 is 11.1. The highest BCUT2D eigenvalue weighted by Crippen LogP contribution is 2.31. The van der Waals surface area contributed by atoms with Crippen LogP contribution < -0.4 is 14.8 Å². The molecule has 0 unspecified atom stereocenters. The minimum absolute atomic E-state index is 0.0382. The second kappa shape index (κ2) is 8.01. The first-order valence-electron chi connectivity index (χ1n) is 9.67. The van der Waals surface area contributed by atoms with Gasteiger partial charge in [-0.25, -0.2) is 0 Å². The summed E-state index contributed by atoms with van der Waals surface area (Å²) >= 11 is 0. The van der Waals surface area contributed by atoms with Crippen LogP contribution in [0.5, 0.6) is 11.5 Å². The molecule has 2 aliphatic heterocycles. The molecule has 2 aromatic carbocycles. The van der Waals surface area contributed by atoms with Crippen molar-refractivity contribution in [1.29, 1.82) is 0 Å². The van der Waals surface area contributed by atoms with Gasteiger partial charge in [0.05, 0.1) is 19.8 Å². The van der Waals surface area contributed by atoms with E-state index in [0.29, 0.717) is 18.7 Å². The van der Waals surface area contributed by atoms with E-state index >= 15 is 0 Å². The molecule has 5 heteroatoms. The van der Waals surface area contributed by atoms with E-state index in [0.717, 1.165) is 42.1 Å². The Labute approximate surface area is 160 Å². The molecule has 0 radical (unpaired) electrons. The van der Waals surface area contributed by atoms with Gasteiger partial charge in [-0.05, 0) is 55.8 Å². The Balaban J connectivity index is 1.51. The molecule has 5 nitrogen and oxygen atoms in total. The first kappa shape index (κ1) is 17.9. The number of nitrogens with one attached hydrogen (secondary N) is 1. The number of methoxy groups -OCH3 is 1. The lowest BCUT2D eigenvalue weighted by atomic mass is 10.0. The van der Waals surface area contributed by atoms with E-state index in [-0.39, 0.29) is 11.9 Å². The van der Waals surface area contributed by atoms with Crippen LogP contribution in [0.4, 0.5) is 0 Å². The molecule has 2 aromatic rings. The number of para-hydroxylation sites is 1. The number of benzene rings is 2. The summed E-state index contributed by atoms with van der Waals surface area (Å²) in [7, 11) is 1.70. The van der Waals surface area contributed by atoms with Crippen LogP contribution in [0.3, 0.4) is 0 Å². The number of likely N-dealkylation sites (tertiary alicyclic amines) is 1. The summed E-state index contributed by atoms with van der Waals surface area (Å²) in [6, 6.07) is 13.9. The average Bonchev–Trinajstić information content (AvgIpc) is 3.39. The van der Waals surface area contributed by atoms with Crippen LogP contribution in [0, 0.1) is 0 Å². The van der Waals surface area contributed by atoms with Gasteiger partial charge < -0.3 is 14.8 Å². The molecule has 0 spiro atoms. The zero-order valence-corrected chi connectivity index (χ0v) is 15.7. The standard InChI is InChI=1S/C22H26N2O3/c1-26-21-7-3-2-6-18(21)19(24-11-4-5-12-24)15-23-22(25)17-8-9-20-16(14-17)10-13-27-20/h2-3,6-9,14,19H,4-5,10-13,15H2,1H3,(H,23,25)/t19-/m0/s1. The van der Waals surface area contributed by atoms with Crippen molar-refractivity contribution in [1.82, 2.24) is 10.2 Å². The lowest BCUT2D eigenvalue weighted by molar-refractivity contribution is 0.0937. The monoisotopic (exact) mass is 366 g/mol. The molecule has 4 rings (SSSR count). The molecule has 0 aromatic heterocycles. The third-order valence-corrected chi connectivity index (χ3v) is 5.49. The smallest absolute Gasteiger partial charge is 0.251 e. The van der Waals surface area contributed by atoms with Crippen molar-refractivity contribution in [2.75, 3.05) is 33.4 Å². The molecule has 0 bridgehead atoms. The summed E-state index contributed by atoms with van der Waals surface area (Å²) in [6.07, 6.45) is 3.27. The minimum atomic E-state index is -0.0382. The van der Waals surface area contributed by atoms with Crippen molar-refractivity contribution >= 4 is 5.91 Å². The van der Waals surface area contributed by atoms with Gasteiger partial charge in [0.1, 0.15) is 11.5 Å². The van der Waals surface area contributed by atoms with E-state index < -0.39 is 0 Å². The van der Waals surface area contributed by atoms with E-state index in [1.54, 1.807) is 7.11 Å². The lowest BCUT2D eigenvalue weighted by Crippen LogP contribution is -2.37. The van der Waals surface area contributed by atoms with Gasteiger partial charge >= 0.3 is 0 Å². The molecule has 0 aliphatic carbocycles. The van der Waals surface area contributed by atoms with Crippen molar-refractivity contribution in [2.24, 2.45) is 0 Å². The number of carbonyl (C=O) groups excluding carboxylic acids is 1. The zero-order chi connectivity index (χ0) is 18.6. The van der Waals surface area contributed by atoms with Crippen molar-refractivity contribution in [3.63, 3.8) is 0 Å². The Hall–Kier alpha value is -2.53. The first-order valence-corrected chi connectivity index (χ1v) is 9.67. The highest BCUT2D eigenvalue weighted by molar-refractivity contribution is 5.94. The highest BCUT2D eigenvalue weighted by atomic mass is 16.5. The summed E-state index contributed by atoms with van der Waals surface area (Å²) in [5.74, 6) is 1.73. The third kappa shape index (κ3) is 3.78. The Morgan fingerprint density at radius 1 is 1.22 bits per heavy atom. The number of nitrogens with zero attached hydrogens (tertiary/aromatic N) is 1. The molecule has 27 heavy (non-hydrogen) atoms. The number of amides is 1. The van der Waals surface area contributed by atoms with Crippen molar-refractivity contribution < 1.29 is 14.3 Å². The normalized spacial score (nSPS) is 17.2. The maximum absolute atomic E-state index is 12.7. The molecule has 1 fully saturated rings. The number of carbonyl (C=O) groups is 1. The molecular formula is C22H26N2O3. The van der Waals surface area contributed by atoms with Gasteiger partial charge in [0, 0.05) is 24.1 Å². The van der Waals surface area contributed by atoms with E-state index in [1.807, 2.05) is 36.4 Å². The summed E-state index contributed by atoms with van der Waals surface area (Å²) in [4.78, 5) is 15.2. The maximum Gasteiger partial charge on any atom is 0.251 e. The van der Waals surface area contributed by atoms with E-state index in [1.165, 1.54) is 12.8 Å². The van der Waals surface area contributed by atoms with Gasteiger partial charge in [-0.1, -0.05) is 18.2 Å². The van der Waals surface area contributed by atoms with Crippen LogP contribution in [0.2, 0.25) is 0 Å². The van der Waals surface area contributed by atoms with Crippen LogP contribution in [-0.2, 0) is 6.42 Å². The molecule has 1 amide bonds. The van der Waals surface area contributed by atoms with E-state index in [4.69, 9.17) is 9.47 Å². The fraction of sp³-hybridized carbons (Fsp3) is 0.409. The predicted molar refractivity (Wildman–Crippen MR) is 105 cm³/mol. The van der Waals surface area contributed by atoms with E-state index in [2.05, 4.69) is 16.3 Å². The largest absolute Gasteiger partial charge is 0.496 e. The fourth-order valence-corrected chi connectivity index (χ4v) is 4.05. The van der Waals surface area contributed by atoms with Crippen LogP contribution in [0.1, 0.15) is 40.4 Å². The number of rotatable bonds is 6. The lowest BCUT2D eigenvalue weighted by Gasteiger charge is -2.29. The molecule has 2 aliphatic rings. The molecule has 1 saturated heterocycles. The average molecular weight is 366 g/mol. The highest BCUT2D eigenvalue weighted by Gasteiger charge is 2.26. The van der Waals surface area contributed by atoms with Crippen molar-refractivity contribution in [3.8, 4) is 11.5 Å². The minimum Gasteiger partial charge on any atom is -0.496 e. The zero-order valence-electron chi connectivity index (χ0n) is 15.7. The summed E-state index contributed by atoms with van der Waals surface area (Å²) in [5.41, 5.74) is 2.94. The van der Waals surface area contributed by atoms with Gasteiger partial charge in [0.2, 0.25) is 0 Å². The fourth-order valence-electron chi connectivity index (χ4n) is 4.05. The molecule has 0 saturated carbocycles. The quantitative estimate of drug-likeness (QED) is 0.853. The molecular weight excluding hydrogens is 340 g/mol. The number of ether oxygens (including phenoxy) is 2. The Morgan fingerprint density at radius 2 is 2.04 bits per heavy atom. The SMILES string of the molecule is COc1ccccc1[C@H](CNC(=O)c1ccc2c(c1)CCO2)N1CCCC1. The molecule has 1 atom stereocenters. The number of fused-ring (bicyclic) bond motifs is 1. The number of hydrogen-bond acceptors (Lipinski definition) is 4. The Morgan fingerprint density at radius 3 is 2.85 bits per heavy atom. The van der Waals surface area contributed by atoms with Crippen LogP contribution in [0.25, 0.3) is 0 Å². The van der Waals surface area contributed by atoms with Crippen LogP contribution in [0.15, 0.2) is 42.5 Å². The van der Waals surface area contributed by atoms with Gasteiger partial charge in [-0.2, -0.15) is 0 Å². The van der Waals surface area contributed by atoms with Crippen LogP contribution in [-0.4, -0.2) is 44.2 Å². The summed E-state index contributed by atoms with van der Waals surface area (Å²) in [5, 5.41) is 3.14. The Kier molecular flexibility index (Phi) is 5.30. The topological polar surface area (TPSA) is 50.8 Å². The molecule has 2 heterocycles. The maximum atomic E-state index is 12.7. The van der Waals surface area contributed by atoms with Crippen LogP contribution >= 0.6 is 0 Å². The second-order valence-corrected chi connectivity index (χ2v) is 7.13. The van der Waals surface area contributed by atoms with Gasteiger partial charge in [-0.15, -0.1) is 0 Å². The van der Waals surface area contributed by atoms with E-state index in [9.17, 15) is 4.79 Å². The second-order valence-electron chi connectivity index (χ2n) is 7.13. The molecule has 1 N–H and O–H groups in total. The Bertz CT molecular complexity index is 815. The third-order valence-electron chi connectivity index (χ3n) is 5.49. The first-order chi connectivity index (χ1) is 13.3. The summed E-state index contributed by atoms with van der Waals surface area (Å²) in [6.45, 7) is 3.36. The molecule has 142 valence electrons. The van der Waals surface area contributed by atoms with Gasteiger partial charge in [-0.3, -0.25) is 9.69 Å². The van der Waals surface area contributed by atoms with Gasteiger partial charge in [0.25, 0.3) is 5.91 Å². The van der Waals surface area contributed by atoms with Crippen molar-refractivity contribution in [2.45, 2.75) is 25.3 Å². The predicted octanol–water partition coefficient (Wildman–Crippen LogP) is 3.20. The van der Waals surface area contributed by atoms with Crippen molar-refractivity contribution in [3.05, 3.63) is 59.2 Å². The number of hydrogen-bond donors (Lipinski definition) is 1.